The van der Waals surface area contributed by atoms with Crippen molar-refractivity contribution in [1.29, 1.82) is 0 Å². The SMILES string of the molecule is CC1CC(O)CC(C)(C)C1CCC(CO)OC1OCC(O)C(O)C1O. The molecule has 2 rings (SSSR count). The summed E-state index contributed by atoms with van der Waals surface area (Å²) in [5.41, 5.74) is 0.0121. The maximum Gasteiger partial charge on any atom is 0.186 e. The van der Waals surface area contributed by atoms with E-state index >= 15 is 0 Å². The molecular weight excluding hydrogens is 328 g/mol. The minimum absolute atomic E-state index is 0.0121. The quantitative estimate of drug-likeness (QED) is 0.452. The molecular formula is C18H34O7. The van der Waals surface area contributed by atoms with Gasteiger partial charge < -0.3 is 35.0 Å². The van der Waals surface area contributed by atoms with Crippen LogP contribution in [0.1, 0.15) is 46.5 Å². The Hall–Kier alpha value is -0.280. The Labute approximate surface area is 149 Å². The predicted octanol–water partition coefficient (Wildman–Crippen LogP) is 0.0163. The fourth-order valence-corrected chi connectivity index (χ4v) is 4.54. The second-order valence-electron chi connectivity index (χ2n) is 8.43. The molecule has 0 radical (unpaired) electrons. The van der Waals surface area contributed by atoms with Gasteiger partial charge in [0.15, 0.2) is 6.29 Å². The Kier molecular flexibility index (Phi) is 7.24. The van der Waals surface area contributed by atoms with Crippen LogP contribution in [0.3, 0.4) is 0 Å². The number of rotatable bonds is 6. The van der Waals surface area contributed by atoms with Gasteiger partial charge in [-0.2, -0.15) is 0 Å². The van der Waals surface area contributed by atoms with Crippen molar-refractivity contribution in [3.05, 3.63) is 0 Å². The summed E-state index contributed by atoms with van der Waals surface area (Å²) in [6, 6.07) is 0. The van der Waals surface area contributed by atoms with Gasteiger partial charge in [0.1, 0.15) is 18.3 Å². The van der Waals surface area contributed by atoms with E-state index in [0.717, 1.165) is 19.3 Å². The summed E-state index contributed by atoms with van der Waals surface area (Å²) in [5.74, 6) is 0.782. The van der Waals surface area contributed by atoms with E-state index in [1.165, 1.54) is 0 Å². The van der Waals surface area contributed by atoms with Crippen LogP contribution in [0.15, 0.2) is 0 Å². The topological polar surface area (TPSA) is 120 Å². The molecule has 0 aromatic carbocycles. The van der Waals surface area contributed by atoms with Gasteiger partial charge in [0.2, 0.25) is 0 Å². The molecule has 2 fully saturated rings. The van der Waals surface area contributed by atoms with Crippen LogP contribution >= 0.6 is 0 Å². The average molecular weight is 362 g/mol. The first-order valence-corrected chi connectivity index (χ1v) is 9.26. The van der Waals surface area contributed by atoms with Gasteiger partial charge in [-0.3, -0.25) is 0 Å². The summed E-state index contributed by atoms with van der Waals surface area (Å²) in [6.45, 7) is 6.14. The first-order chi connectivity index (χ1) is 11.7. The van der Waals surface area contributed by atoms with Gasteiger partial charge in [0.25, 0.3) is 0 Å². The summed E-state index contributed by atoms with van der Waals surface area (Å²) in [6.07, 6.45) is -2.67. The van der Waals surface area contributed by atoms with Crippen LogP contribution in [-0.4, -0.2) is 75.6 Å². The third-order valence-corrected chi connectivity index (χ3v) is 5.88. The third kappa shape index (κ3) is 5.13. The second kappa shape index (κ2) is 8.61. The molecule has 7 heteroatoms. The fourth-order valence-electron chi connectivity index (χ4n) is 4.54. The Balaban J connectivity index is 1.89. The van der Waals surface area contributed by atoms with Crippen molar-refractivity contribution in [1.82, 2.24) is 0 Å². The van der Waals surface area contributed by atoms with E-state index in [1.54, 1.807) is 0 Å². The molecule has 0 aromatic heterocycles. The Morgan fingerprint density at radius 3 is 2.44 bits per heavy atom. The number of hydrogen-bond donors (Lipinski definition) is 5. The van der Waals surface area contributed by atoms with Crippen molar-refractivity contribution in [2.75, 3.05) is 13.2 Å². The normalized spacial score (nSPS) is 43.0. The van der Waals surface area contributed by atoms with Gasteiger partial charge in [-0.05, 0) is 42.9 Å². The summed E-state index contributed by atoms with van der Waals surface area (Å²) < 4.78 is 10.9. The number of hydrogen-bond acceptors (Lipinski definition) is 7. The maximum atomic E-state index is 10.00. The third-order valence-electron chi connectivity index (χ3n) is 5.88. The molecule has 1 saturated carbocycles. The smallest absolute Gasteiger partial charge is 0.186 e. The monoisotopic (exact) mass is 362 g/mol. The van der Waals surface area contributed by atoms with Crippen LogP contribution in [0.5, 0.6) is 0 Å². The fraction of sp³-hybridized carbons (Fsp3) is 1.00. The lowest BCUT2D eigenvalue weighted by atomic mass is 9.61. The van der Waals surface area contributed by atoms with Crippen molar-refractivity contribution < 1.29 is 35.0 Å². The van der Waals surface area contributed by atoms with Gasteiger partial charge in [-0.1, -0.05) is 20.8 Å². The zero-order valence-corrected chi connectivity index (χ0v) is 15.4. The molecule has 1 saturated heterocycles. The Morgan fingerprint density at radius 2 is 1.84 bits per heavy atom. The minimum atomic E-state index is -1.35. The highest BCUT2D eigenvalue weighted by molar-refractivity contribution is 4.90. The van der Waals surface area contributed by atoms with Crippen molar-refractivity contribution in [3.8, 4) is 0 Å². The molecule has 1 aliphatic carbocycles. The predicted molar refractivity (Wildman–Crippen MR) is 90.6 cm³/mol. The van der Waals surface area contributed by atoms with Crippen molar-refractivity contribution in [2.45, 2.75) is 83.3 Å². The second-order valence-corrected chi connectivity index (χ2v) is 8.43. The van der Waals surface area contributed by atoms with E-state index < -0.39 is 30.7 Å². The largest absolute Gasteiger partial charge is 0.394 e. The Morgan fingerprint density at radius 1 is 1.16 bits per heavy atom. The van der Waals surface area contributed by atoms with Crippen LogP contribution in [0.2, 0.25) is 0 Å². The molecule has 1 aliphatic heterocycles. The lowest BCUT2D eigenvalue weighted by Crippen LogP contribution is -2.54. The molecule has 2 aliphatic rings. The van der Waals surface area contributed by atoms with Gasteiger partial charge in [-0.15, -0.1) is 0 Å². The molecule has 0 aromatic rings. The van der Waals surface area contributed by atoms with E-state index in [2.05, 4.69) is 20.8 Å². The molecule has 5 N–H and O–H groups in total. The highest BCUT2D eigenvalue weighted by Gasteiger charge is 2.42. The van der Waals surface area contributed by atoms with Crippen LogP contribution in [-0.2, 0) is 9.47 Å². The highest BCUT2D eigenvalue weighted by Crippen LogP contribution is 2.46. The van der Waals surface area contributed by atoms with E-state index in [0.29, 0.717) is 18.3 Å². The van der Waals surface area contributed by atoms with Crippen molar-refractivity contribution >= 4 is 0 Å². The van der Waals surface area contributed by atoms with Crippen LogP contribution in [0, 0.1) is 17.3 Å². The van der Waals surface area contributed by atoms with Gasteiger partial charge >= 0.3 is 0 Å². The highest BCUT2D eigenvalue weighted by atomic mass is 16.7. The van der Waals surface area contributed by atoms with Crippen molar-refractivity contribution in [2.24, 2.45) is 17.3 Å². The molecule has 8 atom stereocenters. The summed E-state index contributed by atoms with van der Waals surface area (Å²) >= 11 is 0. The number of ether oxygens (including phenoxy) is 2. The molecule has 7 nitrogen and oxygen atoms in total. The Bertz CT molecular complexity index is 416. The number of aliphatic hydroxyl groups excluding tert-OH is 5. The van der Waals surface area contributed by atoms with E-state index in [4.69, 9.17) is 9.47 Å². The average Bonchev–Trinajstić information content (AvgIpc) is 2.52. The van der Waals surface area contributed by atoms with Crippen LogP contribution in [0.4, 0.5) is 0 Å². The lowest BCUT2D eigenvalue weighted by molar-refractivity contribution is -0.285. The standard InChI is InChI=1S/C18H34O7/c1-10-6-11(20)7-18(2,3)13(10)5-4-12(8-19)25-17-16(23)15(22)14(21)9-24-17/h10-17,19-23H,4-9H2,1-3H3. The van der Waals surface area contributed by atoms with Gasteiger partial charge in [-0.25, -0.2) is 0 Å². The summed E-state index contributed by atoms with van der Waals surface area (Å²) in [7, 11) is 0. The van der Waals surface area contributed by atoms with Crippen LogP contribution < -0.4 is 0 Å². The molecule has 1 heterocycles. The first kappa shape index (κ1) is 21.0. The zero-order chi connectivity index (χ0) is 18.8. The summed E-state index contributed by atoms with van der Waals surface area (Å²) in [4.78, 5) is 0. The molecule has 0 bridgehead atoms. The minimum Gasteiger partial charge on any atom is -0.394 e. The molecule has 25 heavy (non-hydrogen) atoms. The van der Waals surface area contributed by atoms with E-state index in [1.807, 2.05) is 0 Å². The van der Waals surface area contributed by atoms with E-state index in [-0.39, 0.29) is 24.7 Å². The first-order valence-electron chi connectivity index (χ1n) is 9.26. The van der Waals surface area contributed by atoms with E-state index in [9.17, 15) is 25.5 Å². The maximum absolute atomic E-state index is 10.00. The lowest BCUT2D eigenvalue weighted by Gasteiger charge is -2.45. The van der Waals surface area contributed by atoms with Gasteiger partial charge in [0.05, 0.1) is 25.4 Å². The molecule has 0 amide bonds. The number of aliphatic hydroxyl groups is 5. The molecule has 8 unspecified atom stereocenters. The van der Waals surface area contributed by atoms with Crippen molar-refractivity contribution in [3.63, 3.8) is 0 Å². The molecule has 0 spiro atoms. The summed E-state index contributed by atoms with van der Waals surface area (Å²) in [5, 5.41) is 48.8. The van der Waals surface area contributed by atoms with Gasteiger partial charge in [0, 0.05) is 0 Å². The molecule has 148 valence electrons. The zero-order valence-electron chi connectivity index (χ0n) is 15.4. The van der Waals surface area contributed by atoms with Crippen LogP contribution in [0.25, 0.3) is 0 Å².